The molecule has 0 bridgehead atoms. The van der Waals surface area contributed by atoms with E-state index in [2.05, 4.69) is 17.1 Å². The highest BCUT2D eigenvalue weighted by atomic mass is 16.2. The molecule has 0 aromatic carbocycles. The third kappa shape index (κ3) is 2.24. The van der Waals surface area contributed by atoms with Crippen molar-refractivity contribution in [1.82, 2.24) is 10.2 Å². The second-order valence-electron chi connectivity index (χ2n) is 5.27. The summed E-state index contributed by atoms with van der Waals surface area (Å²) in [6.45, 7) is 6.02. The molecule has 2 saturated heterocycles. The molecule has 2 rings (SSSR count). The molecule has 0 aromatic heterocycles. The van der Waals surface area contributed by atoms with Crippen LogP contribution in [-0.4, -0.2) is 37.0 Å². The van der Waals surface area contributed by atoms with Crippen molar-refractivity contribution >= 4 is 5.91 Å². The molecule has 3 heteroatoms. The van der Waals surface area contributed by atoms with E-state index in [0.29, 0.717) is 5.91 Å². The molecule has 2 aliphatic heterocycles. The summed E-state index contributed by atoms with van der Waals surface area (Å²) in [6.07, 6.45) is 6.98. The summed E-state index contributed by atoms with van der Waals surface area (Å²) in [6, 6.07) is 0. The number of hydrogen-bond acceptors (Lipinski definition) is 2. The number of hydrogen-bond donors (Lipinski definition) is 1. The molecule has 2 heterocycles. The van der Waals surface area contributed by atoms with Crippen molar-refractivity contribution in [3.63, 3.8) is 0 Å². The minimum absolute atomic E-state index is 0.0790. The van der Waals surface area contributed by atoms with Gasteiger partial charge in [-0.25, -0.2) is 0 Å². The van der Waals surface area contributed by atoms with Crippen molar-refractivity contribution in [3.8, 4) is 0 Å². The summed E-state index contributed by atoms with van der Waals surface area (Å²) in [5, 5.41) is 3.35. The van der Waals surface area contributed by atoms with Crippen LogP contribution in [0.1, 0.15) is 45.4 Å². The van der Waals surface area contributed by atoms with E-state index < -0.39 is 0 Å². The first-order chi connectivity index (χ1) is 7.78. The van der Waals surface area contributed by atoms with Crippen molar-refractivity contribution in [1.29, 1.82) is 0 Å². The molecule has 0 saturated carbocycles. The fourth-order valence-electron chi connectivity index (χ4n) is 2.99. The first kappa shape index (κ1) is 11.9. The molecule has 2 aliphatic rings. The molecule has 1 unspecified atom stereocenters. The Morgan fingerprint density at radius 2 is 1.94 bits per heavy atom. The van der Waals surface area contributed by atoms with Crippen LogP contribution in [0.25, 0.3) is 0 Å². The zero-order valence-electron chi connectivity index (χ0n) is 10.4. The molecule has 2 fully saturated rings. The van der Waals surface area contributed by atoms with Gasteiger partial charge in [0.2, 0.25) is 5.91 Å². The Bertz CT molecular complexity index is 238. The summed E-state index contributed by atoms with van der Waals surface area (Å²) in [7, 11) is 0. The van der Waals surface area contributed by atoms with Crippen LogP contribution in [0.3, 0.4) is 0 Å². The minimum Gasteiger partial charge on any atom is -0.342 e. The third-order valence-electron chi connectivity index (χ3n) is 4.27. The lowest BCUT2D eigenvalue weighted by Gasteiger charge is -2.32. The zero-order chi connectivity index (χ0) is 11.4. The van der Waals surface area contributed by atoms with Gasteiger partial charge in [-0.3, -0.25) is 4.79 Å². The van der Waals surface area contributed by atoms with Gasteiger partial charge >= 0.3 is 0 Å². The van der Waals surface area contributed by atoms with Gasteiger partial charge in [0.15, 0.2) is 0 Å². The molecule has 0 aliphatic carbocycles. The Labute approximate surface area is 98.6 Å². The van der Waals surface area contributed by atoms with Gasteiger partial charge in [0.25, 0.3) is 0 Å². The number of carbonyl (C=O) groups is 1. The highest BCUT2D eigenvalue weighted by Gasteiger charge is 2.41. The van der Waals surface area contributed by atoms with Gasteiger partial charge in [0.05, 0.1) is 5.41 Å². The Morgan fingerprint density at radius 3 is 2.44 bits per heavy atom. The minimum atomic E-state index is -0.0790. The molecule has 1 atom stereocenters. The van der Waals surface area contributed by atoms with Crippen molar-refractivity contribution in [3.05, 3.63) is 0 Å². The summed E-state index contributed by atoms with van der Waals surface area (Å²) in [5.74, 6) is 0.418. The normalized spacial score (nSPS) is 31.4. The van der Waals surface area contributed by atoms with E-state index in [0.717, 1.165) is 39.0 Å². The molecule has 0 spiro atoms. The van der Waals surface area contributed by atoms with Crippen LogP contribution < -0.4 is 5.32 Å². The van der Waals surface area contributed by atoms with Gasteiger partial charge in [-0.1, -0.05) is 19.8 Å². The van der Waals surface area contributed by atoms with Gasteiger partial charge in [-0.05, 0) is 32.2 Å². The SMILES string of the molecule is CCC1(C(=O)N2CCCCCC2)CCNC1. The Balaban J connectivity index is 2.03. The Morgan fingerprint density at radius 1 is 1.25 bits per heavy atom. The predicted molar refractivity (Wildman–Crippen MR) is 65.3 cm³/mol. The first-order valence-corrected chi connectivity index (χ1v) is 6.79. The fraction of sp³-hybridized carbons (Fsp3) is 0.923. The van der Waals surface area contributed by atoms with E-state index in [9.17, 15) is 4.79 Å². The monoisotopic (exact) mass is 224 g/mol. The number of rotatable bonds is 2. The van der Waals surface area contributed by atoms with E-state index in [1.165, 1.54) is 25.7 Å². The molecule has 1 N–H and O–H groups in total. The van der Waals surface area contributed by atoms with E-state index in [4.69, 9.17) is 0 Å². The van der Waals surface area contributed by atoms with E-state index in [-0.39, 0.29) is 5.41 Å². The standard InChI is InChI=1S/C13H24N2O/c1-2-13(7-8-14-11-13)12(16)15-9-5-3-4-6-10-15/h14H,2-11H2,1H3. The highest BCUT2D eigenvalue weighted by molar-refractivity contribution is 5.83. The second-order valence-corrected chi connectivity index (χ2v) is 5.27. The summed E-state index contributed by atoms with van der Waals surface area (Å²) in [4.78, 5) is 14.7. The van der Waals surface area contributed by atoms with Crippen LogP contribution in [0.5, 0.6) is 0 Å². The highest BCUT2D eigenvalue weighted by Crippen LogP contribution is 2.32. The molecule has 0 radical (unpaired) electrons. The van der Waals surface area contributed by atoms with Crippen LogP contribution in [0, 0.1) is 5.41 Å². The maximum absolute atomic E-state index is 12.6. The molecule has 3 nitrogen and oxygen atoms in total. The predicted octanol–water partition coefficient (Wildman–Crippen LogP) is 1.78. The van der Waals surface area contributed by atoms with Crippen molar-refractivity contribution < 1.29 is 4.79 Å². The number of likely N-dealkylation sites (tertiary alicyclic amines) is 1. The van der Waals surface area contributed by atoms with Gasteiger partial charge in [-0.15, -0.1) is 0 Å². The van der Waals surface area contributed by atoms with Crippen LogP contribution in [0.4, 0.5) is 0 Å². The zero-order valence-corrected chi connectivity index (χ0v) is 10.4. The lowest BCUT2D eigenvalue weighted by molar-refractivity contribution is -0.141. The smallest absolute Gasteiger partial charge is 0.230 e. The van der Waals surface area contributed by atoms with E-state index >= 15 is 0 Å². The Kier molecular flexibility index (Phi) is 3.85. The van der Waals surface area contributed by atoms with Crippen molar-refractivity contribution in [2.75, 3.05) is 26.2 Å². The average Bonchev–Trinajstić information content (AvgIpc) is 2.64. The lowest BCUT2D eigenvalue weighted by atomic mass is 9.82. The fourth-order valence-corrected chi connectivity index (χ4v) is 2.99. The topological polar surface area (TPSA) is 32.3 Å². The first-order valence-electron chi connectivity index (χ1n) is 6.79. The third-order valence-corrected chi connectivity index (χ3v) is 4.27. The van der Waals surface area contributed by atoms with Crippen LogP contribution in [-0.2, 0) is 4.79 Å². The van der Waals surface area contributed by atoms with Gasteiger partial charge in [0, 0.05) is 19.6 Å². The number of amides is 1. The lowest BCUT2D eigenvalue weighted by Crippen LogP contribution is -2.45. The maximum atomic E-state index is 12.6. The van der Waals surface area contributed by atoms with Crippen LogP contribution in [0.15, 0.2) is 0 Å². The van der Waals surface area contributed by atoms with Gasteiger partial charge < -0.3 is 10.2 Å². The summed E-state index contributed by atoms with van der Waals surface area (Å²) >= 11 is 0. The molecule has 0 aromatic rings. The molecule has 1 amide bonds. The van der Waals surface area contributed by atoms with Crippen molar-refractivity contribution in [2.45, 2.75) is 45.4 Å². The van der Waals surface area contributed by atoms with Crippen molar-refractivity contribution in [2.24, 2.45) is 5.41 Å². The number of carbonyl (C=O) groups excluding carboxylic acids is 1. The molecular formula is C13H24N2O. The molecular weight excluding hydrogens is 200 g/mol. The summed E-state index contributed by atoms with van der Waals surface area (Å²) in [5.41, 5.74) is -0.0790. The molecule has 92 valence electrons. The van der Waals surface area contributed by atoms with Gasteiger partial charge in [0.1, 0.15) is 0 Å². The Hall–Kier alpha value is -0.570. The van der Waals surface area contributed by atoms with Crippen LogP contribution >= 0.6 is 0 Å². The van der Waals surface area contributed by atoms with E-state index in [1.54, 1.807) is 0 Å². The summed E-state index contributed by atoms with van der Waals surface area (Å²) < 4.78 is 0. The largest absolute Gasteiger partial charge is 0.342 e. The quantitative estimate of drug-likeness (QED) is 0.775. The van der Waals surface area contributed by atoms with E-state index in [1.807, 2.05) is 0 Å². The number of nitrogens with zero attached hydrogens (tertiary/aromatic N) is 1. The number of nitrogens with one attached hydrogen (secondary N) is 1. The maximum Gasteiger partial charge on any atom is 0.230 e. The van der Waals surface area contributed by atoms with Crippen LogP contribution in [0.2, 0.25) is 0 Å². The average molecular weight is 224 g/mol. The van der Waals surface area contributed by atoms with Gasteiger partial charge in [-0.2, -0.15) is 0 Å². The molecule has 16 heavy (non-hydrogen) atoms. The second kappa shape index (κ2) is 5.17.